The van der Waals surface area contributed by atoms with E-state index in [1.807, 2.05) is 66.3 Å². The van der Waals surface area contributed by atoms with Gasteiger partial charge in [0.2, 0.25) is 0 Å². The number of hydrogen-bond acceptors (Lipinski definition) is 7. The molecule has 1 fully saturated rings. The Bertz CT molecular complexity index is 1170. The number of aromatic nitrogens is 4. The Balaban J connectivity index is 1.51. The van der Waals surface area contributed by atoms with Gasteiger partial charge in [0.05, 0.1) is 11.4 Å². The molecule has 8 nitrogen and oxygen atoms in total. The highest BCUT2D eigenvalue weighted by Gasteiger charge is 2.26. The van der Waals surface area contributed by atoms with Gasteiger partial charge in [0, 0.05) is 18.7 Å². The zero-order valence-electron chi connectivity index (χ0n) is 17.4. The fourth-order valence-electron chi connectivity index (χ4n) is 4.11. The minimum atomic E-state index is 0.215. The second kappa shape index (κ2) is 8.33. The Kier molecular flexibility index (Phi) is 5.23. The fraction of sp³-hybridized carbons (Fsp3) is 0.261. The third kappa shape index (κ3) is 3.83. The molecule has 0 aliphatic carbocycles. The van der Waals surface area contributed by atoms with Gasteiger partial charge in [0.15, 0.2) is 5.65 Å². The second-order valence-corrected chi connectivity index (χ2v) is 7.66. The summed E-state index contributed by atoms with van der Waals surface area (Å²) in [7, 11) is 1.95. The largest absolute Gasteiger partial charge is 0.457 e. The van der Waals surface area contributed by atoms with Gasteiger partial charge in [-0.15, -0.1) is 0 Å². The number of fused-ring (bicyclic) bond motifs is 1. The lowest BCUT2D eigenvalue weighted by Crippen LogP contribution is -2.43. The minimum Gasteiger partial charge on any atom is -0.457 e. The quantitative estimate of drug-likeness (QED) is 0.514. The highest BCUT2D eigenvalue weighted by atomic mass is 16.5. The standard InChI is InChI=1S/C23H25N7O/c1-25-29-13-5-6-17(14-29)30-23-20(22(24)26-15-27-23)21(28-30)16-9-11-19(12-10-16)31-18-7-3-2-4-8-18/h2-4,7-12,15,17,25H,5-6,13-14H2,1H3,(H2,24,26,27)/t17-/m1/s1. The van der Waals surface area contributed by atoms with E-state index in [1.165, 1.54) is 6.33 Å². The zero-order valence-corrected chi connectivity index (χ0v) is 17.4. The first kappa shape index (κ1) is 19.5. The van der Waals surface area contributed by atoms with Crippen LogP contribution in [-0.4, -0.2) is 44.9 Å². The van der Waals surface area contributed by atoms with E-state index in [2.05, 4.69) is 20.4 Å². The van der Waals surface area contributed by atoms with E-state index >= 15 is 0 Å². The summed E-state index contributed by atoms with van der Waals surface area (Å²) in [4.78, 5) is 8.76. The molecule has 1 aliphatic heterocycles. The van der Waals surface area contributed by atoms with Crippen LogP contribution in [0, 0.1) is 0 Å². The van der Waals surface area contributed by atoms with Crippen molar-refractivity contribution in [1.29, 1.82) is 0 Å². The van der Waals surface area contributed by atoms with Crippen molar-refractivity contribution < 1.29 is 4.74 Å². The molecule has 0 spiro atoms. The van der Waals surface area contributed by atoms with E-state index in [0.29, 0.717) is 5.82 Å². The SMILES string of the molecule is CNN1CCC[C@@H](n2nc(-c3ccc(Oc4ccccc4)cc3)c3c(N)ncnc32)C1. The van der Waals surface area contributed by atoms with Crippen LogP contribution in [0.2, 0.25) is 0 Å². The molecule has 3 N–H and O–H groups in total. The minimum absolute atomic E-state index is 0.215. The topological polar surface area (TPSA) is 94.1 Å². The van der Waals surface area contributed by atoms with Crippen molar-refractivity contribution in [2.45, 2.75) is 18.9 Å². The van der Waals surface area contributed by atoms with Crippen LogP contribution >= 0.6 is 0 Å². The van der Waals surface area contributed by atoms with Crippen molar-refractivity contribution in [2.24, 2.45) is 0 Å². The molecule has 2 aromatic heterocycles. The van der Waals surface area contributed by atoms with Crippen molar-refractivity contribution >= 4 is 16.9 Å². The molecular formula is C23H25N7O. The average molecular weight is 416 g/mol. The number of benzene rings is 2. The van der Waals surface area contributed by atoms with Gasteiger partial charge in [0.1, 0.15) is 29.3 Å². The van der Waals surface area contributed by atoms with Gasteiger partial charge in [-0.1, -0.05) is 18.2 Å². The third-order valence-corrected chi connectivity index (χ3v) is 5.68. The maximum atomic E-state index is 6.27. The number of piperidine rings is 1. The van der Waals surface area contributed by atoms with Crippen LogP contribution < -0.4 is 15.9 Å². The average Bonchev–Trinajstić information content (AvgIpc) is 3.21. The Morgan fingerprint density at radius 2 is 1.81 bits per heavy atom. The van der Waals surface area contributed by atoms with Crippen LogP contribution in [0.4, 0.5) is 5.82 Å². The lowest BCUT2D eigenvalue weighted by atomic mass is 10.1. The molecule has 5 rings (SSSR count). The molecule has 158 valence electrons. The number of nitrogen functional groups attached to an aromatic ring is 1. The van der Waals surface area contributed by atoms with E-state index in [0.717, 1.165) is 59.7 Å². The molecule has 1 aliphatic rings. The van der Waals surface area contributed by atoms with Crippen molar-refractivity contribution in [3.8, 4) is 22.8 Å². The molecule has 4 aromatic rings. The van der Waals surface area contributed by atoms with Crippen LogP contribution in [0.15, 0.2) is 60.9 Å². The van der Waals surface area contributed by atoms with Crippen LogP contribution in [0.5, 0.6) is 11.5 Å². The number of hydrazine groups is 1. The van der Waals surface area contributed by atoms with Crippen molar-refractivity contribution in [3.05, 3.63) is 60.9 Å². The Labute approximate surface area is 180 Å². The number of ether oxygens (including phenoxy) is 1. The molecule has 0 radical (unpaired) electrons. The number of nitrogens with two attached hydrogens (primary N) is 1. The number of hydrogen-bond donors (Lipinski definition) is 2. The summed E-state index contributed by atoms with van der Waals surface area (Å²) >= 11 is 0. The maximum Gasteiger partial charge on any atom is 0.164 e. The summed E-state index contributed by atoms with van der Waals surface area (Å²) in [6, 6.07) is 17.8. The highest BCUT2D eigenvalue weighted by Crippen LogP contribution is 2.34. The first-order chi connectivity index (χ1) is 15.2. The first-order valence-electron chi connectivity index (χ1n) is 10.5. The van der Waals surface area contributed by atoms with Gasteiger partial charge >= 0.3 is 0 Å². The summed E-state index contributed by atoms with van der Waals surface area (Å²) in [6.45, 7) is 1.89. The predicted molar refractivity (Wildman–Crippen MR) is 121 cm³/mol. The summed E-state index contributed by atoms with van der Waals surface area (Å²) in [6.07, 6.45) is 3.64. The molecule has 3 heterocycles. The van der Waals surface area contributed by atoms with Gasteiger partial charge in [-0.2, -0.15) is 5.10 Å². The maximum absolute atomic E-state index is 6.27. The predicted octanol–water partition coefficient (Wildman–Crippen LogP) is 3.64. The molecular weight excluding hydrogens is 390 g/mol. The summed E-state index contributed by atoms with van der Waals surface area (Å²) in [5.74, 6) is 2.01. The summed E-state index contributed by atoms with van der Waals surface area (Å²) < 4.78 is 7.93. The smallest absolute Gasteiger partial charge is 0.164 e. The molecule has 2 aromatic carbocycles. The molecule has 0 amide bonds. The van der Waals surface area contributed by atoms with Crippen molar-refractivity contribution in [2.75, 3.05) is 25.9 Å². The van der Waals surface area contributed by atoms with Gasteiger partial charge in [-0.3, -0.25) is 5.43 Å². The number of nitrogens with one attached hydrogen (secondary N) is 1. The van der Waals surface area contributed by atoms with E-state index in [1.54, 1.807) is 0 Å². The Morgan fingerprint density at radius 3 is 2.58 bits per heavy atom. The first-order valence-corrected chi connectivity index (χ1v) is 10.5. The molecule has 31 heavy (non-hydrogen) atoms. The monoisotopic (exact) mass is 415 g/mol. The summed E-state index contributed by atoms with van der Waals surface area (Å²) in [5.41, 5.74) is 12.0. The molecule has 8 heteroatoms. The van der Waals surface area contributed by atoms with Crippen molar-refractivity contribution in [3.63, 3.8) is 0 Å². The third-order valence-electron chi connectivity index (χ3n) is 5.68. The fourth-order valence-corrected chi connectivity index (χ4v) is 4.11. The Morgan fingerprint density at radius 1 is 1.03 bits per heavy atom. The zero-order chi connectivity index (χ0) is 21.2. The molecule has 0 bridgehead atoms. The van der Waals surface area contributed by atoms with Gasteiger partial charge in [-0.05, 0) is 56.3 Å². The lowest BCUT2D eigenvalue weighted by molar-refractivity contribution is 0.127. The van der Waals surface area contributed by atoms with E-state index in [9.17, 15) is 0 Å². The van der Waals surface area contributed by atoms with E-state index in [4.69, 9.17) is 15.6 Å². The van der Waals surface area contributed by atoms with E-state index < -0.39 is 0 Å². The van der Waals surface area contributed by atoms with Crippen LogP contribution in [0.3, 0.4) is 0 Å². The van der Waals surface area contributed by atoms with E-state index in [-0.39, 0.29) is 6.04 Å². The Hall–Kier alpha value is -3.49. The number of para-hydroxylation sites is 1. The molecule has 1 atom stereocenters. The van der Waals surface area contributed by atoms with Crippen LogP contribution in [0.1, 0.15) is 18.9 Å². The van der Waals surface area contributed by atoms with Crippen molar-refractivity contribution in [1.82, 2.24) is 30.2 Å². The lowest BCUT2D eigenvalue weighted by Gasteiger charge is -2.32. The number of rotatable bonds is 5. The van der Waals surface area contributed by atoms with Gasteiger partial charge < -0.3 is 10.5 Å². The summed E-state index contributed by atoms with van der Waals surface area (Å²) in [5, 5.41) is 7.97. The number of anilines is 1. The molecule has 0 unspecified atom stereocenters. The van der Waals surface area contributed by atoms with Gasteiger partial charge in [-0.25, -0.2) is 19.7 Å². The number of nitrogens with zero attached hydrogens (tertiary/aromatic N) is 5. The highest BCUT2D eigenvalue weighted by molar-refractivity contribution is 5.98. The molecule has 0 saturated carbocycles. The normalized spacial score (nSPS) is 17.1. The van der Waals surface area contributed by atoms with Gasteiger partial charge in [0.25, 0.3) is 0 Å². The molecule has 1 saturated heterocycles. The van der Waals surface area contributed by atoms with Crippen LogP contribution in [0.25, 0.3) is 22.3 Å². The second-order valence-electron chi connectivity index (χ2n) is 7.66. The van der Waals surface area contributed by atoms with Crippen LogP contribution in [-0.2, 0) is 0 Å².